The minimum Gasteiger partial charge on any atom is -0.506 e. The molecule has 3 aromatic carbocycles. The van der Waals surface area contributed by atoms with Crippen molar-refractivity contribution in [3.8, 4) is 5.75 Å². The molecule has 2 N–H and O–H groups in total. The average molecular weight is 449 g/mol. The van der Waals surface area contributed by atoms with E-state index in [0.29, 0.717) is 21.4 Å². The Morgan fingerprint density at radius 3 is 2.58 bits per heavy atom. The molecule has 0 aliphatic rings. The number of sulfonamides is 1. The summed E-state index contributed by atoms with van der Waals surface area (Å²) in [4.78, 5) is 5.80. The van der Waals surface area contributed by atoms with Crippen LogP contribution in [0.1, 0.15) is 6.92 Å². The molecule has 4 aromatic rings. The highest BCUT2D eigenvalue weighted by molar-refractivity contribution is 7.99. The number of nitrogens with zero attached hydrogens (tertiary/aromatic N) is 1. The lowest BCUT2D eigenvalue weighted by Crippen LogP contribution is -2.13. The molecule has 0 spiro atoms. The molecular formula is C24H20N2O3S2. The number of rotatable bonds is 6. The predicted molar refractivity (Wildman–Crippen MR) is 128 cm³/mol. The lowest BCUT2D eigenvalue weighted by molar-refractivity contribution is 0.469. The fraction of sp³-hybridized carbons (Fsp3) is 0.0417. The third kappa shape index (κ3) is 4.15. The van der Waals surface area contributed by atoms with Gasteiger partial charge in [0.25, 0.3) is 10.0 Å². The number of hydrogen-bond acceptors (Lipinski definition) is 5. The van der Waals surface area contributed by atoms with Crippen LogP contribution in [0.3, 0.4) is 0 Å². The summed E-state index contributed by atoms with van der Waals surface area (Å²) >= 11 is 1.33. The van der Waals surface area contributed by atoms with Gasteiger partial charge in [-0.1, -0.05) is 66.9 Å². The molecule has 0 fully saturated rings. The highest BCUT2D eigenvalue weighted by Gasteiger charge is 2.19. The Hall–Kier alpha value is -3.29. The molecule has 31 heavy (non-hydrogen) atoms. The summed E-state index contributed by atoms with van der Waals surface area (Å²) in [6.45, 7) is 5.36. The van der Waals surface area contributed by atoms with E-state index < -0.39 is 10.0 Å². The SMILES string of the molecule is C=C(/C=C\C)S(=O)(=O)Nc1cc(Sc2cccc3cccnc23)c(O)c2ccccc12. The first kappa shape index (κ1) is 21.0. The van der Waals surface area contributed by atoms with Crippen molar-refractivity contribution in [2.24, 2.45) is 0 Å². The molecule has 0 bridgehead atoms. The summed E-state index contributed by atoms with van der Waals surface area (Å²) in [5.41, 5.74) is 1.18. The van der Waals surface area contributed by atoms with Gasteiger partial charge in [-0.2, -0.15) is 0 Å². The van der Waals surface area contributed by atoms with Crippen LogP contribution in [0.5, 0.6) is 5.75 Å². The Morgan fingerprint density at radius 2 is 1.81 bits per heavy atom. The summed E-state index contributed by atoms with van der Waals surface area (Å²) < 4.78 is 28.1. The van der Waals surface area contributed by atoms with Crippen LogP contribution < -0.4 is 4.72 Å². The number of allylic oxidation sites excluding steroid dienone is 2. The van der Waals surface area contributed by atoms with Gasteiger partial charge in [-0.3, -0.25) is 9.71 Å². The van der Waals surface area contributed by atoms with E-state index in [-0.39, 0.29) is 10.7 Å². The topological polar surface area (TPSA) is 79.3 Å². The molecule has 7 heteroatoms. The van der Waals surface area contributed by atoms with Gasteiger partial charge in [0.1, 0.15) is 5.75 Å². The quantitative estimate of drug-likeness (QED) is 0.276. The molecule has 0 aliphatic heterocycles. The molecule has 1 aromatic heterocycles. The van der Waals surface area contributed by atoms with Crippen molar-refractivity contribution in [3.63, 3.8) is 0 Å². The molecule has 1 heterocycles. The fourth-order valence-corrected chi connectivity index (χ4v) is 5.20. The second-order valence-corrected chi connectivity index (χ2v) is 9.64. The maximum Gasteiger partial charge on any atom is 0.261 e. The number of nitrogens with one attached hydrogen (secondary N) is 1. The number of aromatic hydroxyl groups is 1. The van der Waals surface area contributed by atoms with Crippen molar-refractivity contribution in [2.45, 2.75) is 16.7 Å². The molecule has 4 rings (SSSR count). The maximum absolute atomic E-state index is 12.7. The van der Waals surface area contributed by atoms with Gasteiger partial charge in [0.05, 0.1) is 21.0 Å². The normalized spacial score (nSPS) is 11.9. The van der Waals surface area contributed by atoms with Crippen LogP contribution in [0, 0.1) is 0 Å². The number of fused-ring (bicyclic) bond motifs is 2. The summed E-state index contributed by atoms with van der Waals surface area (Å²) in [5.74, 6) is 0.0868. The Balaban J connectivity index is 1.85. The van der Waals surface area contributed by atoms with Crippen LogP contribution in [-0.4, -0.2) is 18.5 Å². The van der Waals surface area contributed by atoms with Crippen molar-refractivity contribution in [1.82, 2.24) is 4.98 Å². The first-order chi connectivity index (χ1) is 14.9. The molecule has 0 atom stereocenters. The minimum absolute atomic E-state index is 0.0420. The van der Waals surface area contributed by atoms with Crippen LogP contribution in [0.4, 0.5) is 5.69 Å². The molecule has 0 radical (unpaired) electrons. The Bertz CT molecular complexity index is 1440. The lowest BCUT2D eigenvalue weighted by Gasteiger charge is -2.15. The number of phenolic OH excluding ortho intramolecular Hbond substituents is 1. The first-order valence-corrected chi connectivity index (χ1v) is 11.8. The van der Waals surface area contributed by atoms with E-state index in [0.717, 1.165) is 15.8 Å². The van der Waals surface area contributed by atoms with Crippen molar-refractivity contribution in [2.75, 3.05) is 4.72 Å². The maximum atomic E-state index is 12.7. The second-order valence-electron chi connectivity index (χ2n) is 6.82. The molecule has 0 amide bonds. The van der Waals surface area contributed by atoms with Crippen LogP contribution in [0.25, 0.3) is 21.7 Å². The van der Waals surface area contributed by atoms with E-state index in [1.54, 1.807) is 49.5 Å². The van der Waals surface area contributed by atoms with Gasteiger partial charge >= 0.3 is 0 Å². The highest BCUT2D eigenvalue weighted by atomic mass is 32.2. The molecule has 0 aliphatic carbocycles. The Kier molecular flexibility index (Phi) is 5.71. The van der Waals surface area contributed by atoms with Crippen LogP contribution in [0.15, 0.2) is 100 Å². The first-order valence-electron chi connectivity index (χ1n) is 9.51. The standard InChI is InChI=1S/C24H20N2O3S2/c1-3-8-16(2)31(28,29)26-20-15-22(24(27)19-12-5-4-11-18(19)20)30-21-13-6-9-17-10-7-14-25-23(17)21/h3-15,26-27H,2H2,1H3/b8-3-. The number of anilines is 1. The Morgan fingerprint density at radius 1 is 1.06 bits per heavy atom. The zero-order chi connectivity index (χ0) is 22.0. The zero-order valence-electron chi connectivity index (χ0n) is 16.7. The number of aromatic nitrogens is 1. The fourth-order valence-electron chi connectivity index (χ4n) is 3.26. The zero-order valence-corrected chi connectivity index (χ0v) is 18.4. The second kappa shape index (κ2) is 8.45. The lowest BCUT2D eigenvalue weighted by atomic mass is 10.1. The van der Waals surface area contributed by atoms with E-state index in [1.807, 2.05) is 30.3 Å². The smallest absolute Gasteiger partial charge is 0.261 e. The van der Waals surface area contributed by atoms with Gasteiger partial charge in [-0.25, -0.2) is 8.42 Å². The van der Waals surface area contributed by atoms with Crippen LogP contribution in [-0.2, 0) is 10.0 Å². The molecule has 5 nitrogen and oxygen atoms in total. The van der Waals surface area contributed by atoms with Crippen molar-refractivity contribution in [1.29, 1.82) is 0 Å². The number of benzene rings is 3. The van der Waals surface area contributed by atoms with Gasteiger partial charge < -0.3 is 5.11 Å². The Labute approximate surface area is 185 Å². The van der Waals surface area contributed by atoms with Gasteiger partial charge in [0, 0.05) is 27.3 Å². The highest BCUT2D eigenvalue weighted by Crippen LogP contribution is 2.44. The minimum atomic E-state index is -3.84. The van der Waals surface area contributed by atoms with Crippen molar-refractivity contribution < 1.29 is 13.5 Å². The van der Waals surface area contributed by atoms with Crippen molar-refractivity contribution in [3.05, 3.63) is 90.5 Å². The van der Waals surface area contributed by atoms with E-state index in [2.05, 4.69) is 16.3 Å². The molecular weight excluding hydrogens is 428 g/mol. The summed E-state index contributed by atoms with van der Waals surface area (Å²) in [5, 5.41) is 13.1. The third-order valence-corrected chi connectivity index (χ3v) is 7.13. The van der Waals surface area contributed by atoms with E-state index in [9.17, 15) is 13.5 Å². The molecule has 0 saturated carbocycles. The molecule has 156 valence electrons. The number of hydrogen-bond donors (Lipinski definition) is 2. The largest absolute Gasteiger partial charge is 0.506 e. The van der Waals surface area contributed by atoms with Crippen molar-refractivity contribution >= 4 is 49.1 Å². The van der Waals surface area contributed by atoms with E-state index >= 15 is 0 Å². The van der Waals surface area contributed by atoms with Crippen LogP contribution in [0.2, 0.25) is 0 Å². The monoisotopic (exact) mass is 448 g/mol. The van der Waals surface area contributed by atoms with Gasteiger partial charge in [0.15, 0.2) is 0 Å². The summed E-state index contributed by atoms with van der Waals surface area (Å²) in [6, 6.07) is 18.4. The van der Waals surface area contributed by atoms with Gasteiger partial charge in [-0.15, -0.1) is 0 Å². The van der Waals surface area contributed by atoms with E-state index in [1.165, 1.54) is 17.8 Å². The summed E-state index contributed by atoms with van der Waals surface area (Å²) in [6.07, 6.45) is 4.77. The molecule has 0 unspecified atom stereocenters. The van der Waals surface area contributed by atoms with Gasteiger partial charge in [0.2, 0.25) is 0 Å². The van der Waals surface area contributed by atoms with E-state index in [4.69, 9.17) is 0 Å². The third-order valence-electron chi connectivity index (χ3n) is 4.74. The number of pyridine rings is 1. The predicted octanol–water partition coefficient (Wildman–Crippen LogP) is 6.08. The summed E-state index contributed by atoms with van der Waals surface area (Å²) in [7, 11) is -3.84. The average Bonchev–Trinajstić information content (AvgIpc) is 2.77. The number of phenols is 1. The molecule has 0 saturated heterocycles. The van der Waals surface area contributed by atoms with Crippen LogP contribution >= 0.6 is 11.8 Å². The van der Waals surface area contributed by atoms with Gasteiger partial charge in [-0.05, 0) is 31.2 Å². The number of para-hydroxylation sites is 1.